The minimum absolute atomic E-state index is 0.702. The maximum absolute atomic E-state index is 4.68. The molecular weight excluding hydrogens is 316 g/mol. The molecule has 0 bridgehead atoms. The molecule has 1 aliphatic rings. The normalized spacial score (nSPS) is 15.0. The molecule has 130 valence electrons. The van der Waals surface area contributed by atoms with Crippen LogP contribution in [0.4, 0.5) is 17.6 Å². The topological polar surface area (TPSA) is 74.5 Å². The summed E-state index contributed by atoms with van der Waals surface area (Å²) in [5.74, 6) is 2.69. The van der Waals surface area contributed by atoms with E-state index < -0.39 is 0 Å². The smallest absolute Gasteiger partial charge is 0.224 e. The number of aromatic nitrogens is 5. The van der Waals surface area contributed by atoms with Crippen LogP contribution < -0.4 is 15.1 Å². The van der Waals surface area contributed by atoms with E-state index >= 15 is 0 Å². The summed E-state index contributed by atoms with van der Waals surface area (Å²) in [6.45, 7) is 8.52. The van der Waals surface area contributed by atoms with Gasteiger partial charge < -0.3 is 15.1 Å². The lowest BCUT2D eigenvalue weighted by atomic mass is 10.3. The summed E-state index contributed by atoms with van der Waals surface area (Å²) in [4.78, 5) is 18.4. The molecule has 4 heterocycles. The molecule has 8 nitrogen and oxygen atoms in total. The third-order valence-corrected chi connectivity index (χ3v) is 4.35. The Morgan fingerprint density at radius 1 is 1.00 bits per heavy atom. The number of nitrogens with zero attached hydrogens (tertiary/aromatic N) is 7. The standard InChI is InChI=1S/C17H22N8/c1-3-18-17-20-13(2)12-16(22-17)24-10-8-23(9-11-24)14-5-7-25-15(21-14)4-6-19-25/h4-7,12H,3,8-11H2,1-2H3,(H,18,20,22). The second-order valence-electron chi connectivity index (χ2n) is 6.12. The maximum Gasteiger partial charge on any atom is 0.224 e. The van der Waals surface area contributed by atoms with Gasteiger partial charge in [0.05, 0.1) is 6.20 Å². The van der Waals surface area contributed by atoms with Crippen LogP contribution >= 0.6 is 0 Å². The van der Waals surface area contributed by atoms with Gasteiger partial charge in [-0.3, -0.25) is 0 Å². The predicted molar refractivity (Wildman–Crippen MR) is 98.3 cm³/mol. The van der Waals surface area contributed by atoms with Crippen molar-refractivity contribution in [2.24, 2.45) is 0 Å². The van der Waals surface area contributed by atoms with E-state index in [1.165, 1.54) is 0 Å². The maximum atomic E-state index is 4.68. The van der Waals surface area contributed by atoms with Crippen molar-refractivity contribution in [1.82, 2.24) is 24.6 Å². The summed E-state index contributed by atoms with van der Waals surface area (Å²) in [6.07, 6.45) is 3.73. The van der Waals surface area contributed by atoms with Crippen molar-refractivity contribution in [3.63, 3.8) is 0 Å². The molecule has 3 aromatic rings. The van der Waals surface area contributed by atoms with Crippen LogP contribution in [0, 0.1) is 6.92 Å². The van der Waals surface area contributed by atoms with E-state index in [9.17, 15) is 0 Å². The highest BCUT2D eigenvalue weighted by Gasteiger charge is 2.20. The van der Waals surface area contributed by atoms with Crippen LogP contribution in [0.3, 0.4) is 0 Å². The van der Waals surface area contributed by atoms with Gasteiger partial charge in [-0.2, -0.15) is 10.1 Å². The monoisotopic (exact) mass is 338 g/mol. The first-order valence-corrected chi connectivity index (χ1v) is 8.63. The lowest BCUT2D eigenvalue weighted by Crippen LogP contribution is -2.47. The number of aryl methyl sites for hydroxylation is 1. The quantitative estimate of drug-likeness (QED) is 0.774. The molecule has 0 amide bonds. The number of piperazine rings is 1. The Morgan fingerprint density at radius 3 is 2.52 bits per heavy atom. The Morgan fingerprint density at radius 2 is 1.76 bits per heavy atom. The highest BCUT2D eigenvalue weighted by molar-refractivity contribution is 5.50. The summed E-state index contributed by atoms with van der Waals surface area (Å²) in [5.41, 5.74) is 1.86. The second kappa shape index (κ2) is 6.54. The van der Waals surface area contributed by atoms with Gasteiger partial charge in [-0.25, -0.2) is 14.5 Å². The van der Waals surface area contributed by atoms with Crippen LogP contribution in [-0.2, 0) is 0 Å². The number of nitrogens with one attached hydrogen (secondary N) is 1. The van der Waals surface area contributed by atoms with E-state index in [1.807, 2.05) is 31.3 Å². The van der Waals surface area contributed by atoms with Crippen molar-refractivity contribution >= 4 is 23.2 Å². The van der Waals surface area contributed by atoms with Crippen LogP contribution in [0.15, 0.2) is 30.6 Å². The fourth-order valence-electron chi connectivity index (χ4n) is 3.09. The molecule has 4 rings (SSSR count). The predicted octanol–water partition coefficient (Wildman–Crippen LogP) is 1.59. The summed E-state index contributed by atoms with van der Waals surface area (Å²) in [5, 5.41) is 7.39. The van der Waals surface area contributed by atoms with E-state index in [1.54, 1.807) is 10.7 Å². The van der Waals surface area contributed by atoms with Gasteiger partial charge in [0.1, 0.15) is 11.6 Å². The summed E-state index contributed by atoms with van der Waals surface area (Å²) < 4.78 is 1.78. The number of anilines is 3. The molecule has 0 aromatic carbocycles. The Balaban J connectivity index is 1.47. The van der Waals surface area contributed by atoms with Crippen LogP contribution in [0.25, 0.3) is 5.65 Å². The molecule has 0 atom stereocenters. The van der Waals surface area contributed by atoms with E-state index in [0.717, 1.165) is 55.7 Å². The zero-order chi connectivity index (χ0) is 17.2. The molecule has 8 heteroatoms. The van der Waals surface area contributed by atoms with Crippen molar-refractivity contribution in [3.8, 4) is 0 Å². The summed E-state index contributed by atoms with van der Waals surface area (Å²) in [7, 11) is 0. The first kappa shape index (κ1) is 15.6. The van der Waals surface area contributed by atoms with E-state index in [0.29, 0.717) is 5.95 Å². The third-order valence-electron chi connectivity index (χ3n) is 4.35. The minimum Gasteiger partial charge on any atom is -0.354 e. The van der Waals surface area contributed by atoms with Gasteiger partial charge in [0, 0.05) is 56.7 Å². The summed E-state index contributed by atoms with van der Waals surface area (Å²) in [6, 6.07) is 5.99. The fraction of sp³-hybridized carbons (Fsp3) is 0.412. The summed E-state index contributed by atoms with van der Waals surface area (Å²) >= 11 is 0. The third kappa shape index (κ3) is 3.19. The van der Waals surface area contributed by atoms with Gasteiger partial charge >= 0.3 is 0 Å². The number of rotatable bonds is 4. The lowest BCUT2D eigenvalue weighted by Gasteiger charge is -2.36. The van der Waals surface area contributed by atoms with E-state index in [4.69, 9.17) is 0 Å². The van der Waals surface area contributed by atoms with Gasteiger partial charge in [0.25, 0.3) is 0 Å². The van der Waals surface area contributed by atoms with Crippen molar-refractivity contribution < 1.29 is 0 Å². The first-order valence-electron chi connectivity index (χ1n) is 8.63. The molecular formula is C17H22N8. The average Bonchev–Trinajstić information content (AvgIpc) is 3.09. The zero-order valence-electron chi connectivity index (χ0n) is 14.6. The van der Waals surface area contributed by atoms with Crippen LogP contribution in [0.2, 0.25) is 0 Å². The Kier molecular flexibility index (Phi) is 4.09. The second-order valence-corrected chi connectivity index (χ2v) is 6.12. The molecule has 1 fully saturated rings. The number of hydrogen-bond donors (Lipinski definition) is 1. The van der Waals surface area contributed by atoms with Gasteiger partial charge in [0.2, 0.25) is 5.95 Å². The van der Waals surface area contributed by atoms with Crippen molar-refractivity contribution in [2.45, 2.75) is 13.8 Å². The highest BCUT2D eigenvalue weighted by atomic mass is 15.3. The van der Waals surface area contributed by atoms with Gasteiger partial charge in [-0.15, -0.1) is 0 Å². The Bertz CT molecular complexity index is 866. The van der Waals surface area contributed by atoms with Crippen LogP contribution in [0.1, 0.15) is 12.6 Å². The van der Waals surface area contributed by atoms with Crippen LogP contribution in [-0.4, -0.2) is 57.3 Å². The molecule has 3 aromatic heterocycles. The molecule has 1 N–H and O–H groups in total. The van der Waals surface area contributed by atoms with Gasteiger partial charge in [-0.1, -0.05) is 0 Å². The van der Waals surface area contributed by atoms with E-state index in [-0.39, 0.29) is 0 Å². The Hall–Kier alpha value is -2.90. The number of fused-ring (bicyclic) bond motifs is 1. The first-order chi connectivity index (χ1) is 12.2. The van der Waals surface area contributed by atoms with Crippen LogP contribution in [0.5, 0.6) is 0 Å². The van der Waals surface area contributed by atoms with Gasteiger partial charge in [-0.05, 0) is 19.9 Å². The van der Waals surface area contributed by atoms with E-state index in [2.05, 4.69) is 42.1 Å². The van der Waals surface area contributed by atoms with Crippen molar-refractivity contribution in [1.29, 1.82) is 0 Å². The lowest BCUT2D eigenvalue weighted by molar-refractivity contribution is 0.640. The SMILES string of the molecule is CCNc1nc(C)cc(N2CCN(c3ccn4nccc4n3)CC2)n1. The molecule has 1 saturated heterocycles. The van der Waals surface area contributed by atoms with Gasteiger partial charge in [0.15, 0.2) is 5.65 Å². The molecule has 0 spiro atoms. The molecule has 0 radical (unpaired) electrons. The van der Waals surface area contributed by atoms with Crippen molar-refractivity contribution in [3.05, 3.63) is 36.3 Å². The molecule has 25 heavy (non-hydrogen) atoms. The highest BCUT2D eigenvalue weighted by Crippen LogP contribution is 2.20. The largest absolute Gasteiger partial charge is 0.354 e. The molecule has 0 saturated carbocycles. The molecule has 0 aliphatic carbocycles. The van der Waals surface area contributed by atoms with Crippen molar-refractivity contribution in [2.75, 3.05) is 47.8 Å². The molecule has 1 aliphatic heterocycles. The fourth-order valence-corrected chi connectivity index (χ4v) is 3.09. The number of hydrogen-bond acceptors (Lipinski definition) is 7. The Labute approximate surface area is 146 Å². The minimum atomic E-state index is 0.702. The molecule has 0 unspecified atom stereocenters. The average molecular weight is 338 g/mol. The zero-order valence-corrected chi connectivity index (χ0v) is 14.6.